The minimum Gasteiger partial charge on any atom is -0.350 e. The van der Waals surface area contributed by atoms with E-state index in [4.69, 9.17) is 0 Å². The number of fused-ring (bicyclic) bond motifs is 1. The SMILES string of the molecule is CCCN(C(=O)CCNC(=O)c1n[nH]c2ccccc12)C1CCNC1.Cl. The minimum atomic E-state index is -0.255. The summed E-state index contributed by atoms with van der Waals surface area (Å²) in [5.41, 5.74) is 1.19. The molecule has 0 spiro atoms. The Hall–Kier alpha value is -2.12. The molecule has 3 N–H and O–H groups in total. The van der Waals surface area contributed by atoms with E-state index >= 15 is 0 Å². The van der Waals surface area contributed by atoms with Crippen molar-refractivity contribution in [2.45, 2.75) is 32.2 Å². The van der Waals surface area contributed by atoms with Crippen LogP contribution in [-0.4, -0.2) is 59.1 Å². The number of carbonyl (C=O) groups is 2. The summed E-state index contributed by atoms with van der Waals surface area (Å²) in [6, 6.07) is 7.77. The van der Waals surface area contributed by atoms with E-state index < -0.39 is 0 Å². The van der Waals surface area contributed by atoms with Gasteiger partial charge in [0.15, 0.2) is 5.69 Å². The number of nitrogens with zero attached hydrogens (tertiary/aromatic N) is 2. The molecular weight excluding hydrogens is 354 g/mol. The second kappa shape index (κ2) is 9.54. The smallest absolute Gasteiger partial charge is 0.272 e. The molecule has 2 heterocycles. The number of H-pyrrole nitrogens is 1. The monoisotopic (exact) mass is 379 g/mol. The van der Waals surface area contributed by atoms with Crippen LogP contribution in [0.3, 0.4) is 0 Å². The maximum Gasteiger partial charge on any atom is 0.272 e. The van der Waals surface area contributed by atoms with Gasteiger partial charge in [0.05, 0.1) is 5.52 Å². The van der Waals surface area contributed by atoms with Gasteiger partial charge in [-0.1, -0.05) is 25.1 Å². The number of aromatic nitrogens is 2. The fraction of sp³-hybridized carbons (Fsp3) is 0.500. The quantitative estimate of drug-likeness (QED) is 0.683. The third-order valence-corrected chi connectivity index (χ3v) is 4.57. The minimum absolute atomic E-state index is 0. The van der Waals surface area contributed by atoms with Gasteiger partial charge in [0, 0.05) is 37.5 Å². The number of hydrogen-bond donors (Lipinski definition) is 3. The third kappa shape index (κ3) is 4.53. The number of nitrogens with one attached hydrogen (secondary N) is 3. The van der Waals surface area contributed by atoms with Crippen LogP contribution in [0, 0.1) is 0 Å². The van der Waals surface area contributed by atoms with Gasteiger partial charge in [-0.05, 0) is 25.5 Å². The zero-order valence-corrected chi connectivity index (χ0v) is 15.8. The summed E-state index contributed by atoms with van der Waals surface area (Å²) in [7, 11) is 0. The Balaban J connectivity index is 0.00000243. The number of aromatic amines is 1. The Kier molecular flexibility index (Phi) is 7.41. The number of amides is 2. The topological polar surface area (TPSA) is 90.1 Å². The standard InChI is InChI=1S/C18H25N5O2.ClH/c1-2-11-23(13-7-9-19-12-13)16(24)8-10-20-18(25)17-14-5-3-4-6-15(14)21-22-17;/h3-6,13,19H,2,7-12H2,1H3,(H,20,25)(H,21,22);1H. The normalized spacial score (nSPS) is 16.3. The van der Waals surface area contributed by atoms with Gasteiger partial charge in [-0.15, -0.1) is 12.4 Å². The Morgan fingerprint density at radius 2 is 2.15 bits per heavy atom. The lowest BCUT2D eigenvalue weighted by atomic mass is 10.2. The van der Waals surface area contributed by atoms with E-state index in [1.54, 1.807) is 0 Å². The van der Waals surface area contributed by atoms with Gasteiger partial charge >= 0.3 is 0 Å². The van der Waals surface area contributed by atoms with Crippen LogP contribution >= 0.6 is 12.4 Å². The predicted molar refractivity (Wildman–Crippen MR) is 104 cm³/mol. The Morgan fingerprint density at radius 3 is 2.88 bits per heavy atom. The van der Waals surface area contributed by atoms with Crippen molar-refractivity contribution < 1.29 is 9.59 Å². The zero-order valence-electron chi connectivity index (χ0n) is 15.0. The highest BCUT2D eigenvalue weighted by molar-refractivity contribution is 6.04. The van der Waals surface area contributed by atoms with E-state index in [1.807, 2.05) is 29.2 Å². The summed E-state index contributed by atoms with van der Waals surface area (Å²) in [6.07, 6.45) is 2.25. The molecule has 0 saturated carbocycles. The van der Waals surface area contributed by atoms with Crippen LogP contribution in [0.5, 0.6) is 0 Å². The van der Waals surface area contributed by atoms with Crippen molar-refractivity contribution in [1.29, 1.82) is 0 Å². The lowest BCUT2D eigenvalue weighted by Gasteiger charge is -2.28. The van der Waals surface area contributed by atoms with E-state index in [0.29, 0.717) is 18.7 Å². The van der Waals surface area contributed by atoms with Gasteiger partial charge in [-0.25, -0.2) is 0 Å². The summed E-state index contributed by atoms with van der Waals surface area (Å²) in [6.45, 7) is 4.98. The molecule has 1 aliphatic heterocycles. The highest BCUT2D eigenvalue weighted by Crippen LogP contribution is 2.15. The number of para-hydroxylation sites is 1. The first-order chi connectivity index (χ1) is 12.2. The van der Waals surface area contributed by atoms with Gasteiger partial charge in [-0.2, -0.15) is 5.10 Å². The van der Waals surface area contributed by atoms with Crippen molar-refractivity contribution in [2.24, 2.45) is 0 Å². The molecule has 1 unspecified atom stereocenters. The summed E-state index contributed by atoms with van der Waals surface area (Å²) in [4.78, 5) is 26.8. The molecule has 2 amide bonds. The molecule has 1 saturated heterocycles. The van der Waals surface area contributed by atoms with Crippen LogP contribution in [0.2, 0.25) is 0 Å². The molecule has 1 fully saturated rings. The number of halogens is 1. The predicted octanol–water partition coefficient (Wildman–Crippen LogP) is 1.71. The maximum absolute atomic E-state index is 12.5. The fourth-order valence-corrected chi connectivity index (χ4v) is 3.30. The van der Waals surface area contributed by atoms with Crippen molar-refractivity contribution in [1.82, 2.24) is 25.7 Å². The second-order valence-electron chi connectivity index (χ2n) is 6.36. The Morgan fingerprint density at radius 1 is 1.35 bits per heavy atom. The van der Waals surface area contributed by atoms with Gasteiger partial charge in [-0.3, -0.25) is 14.7 Å². The van der Waals surface area contributed by atoms with Gasteiger partial charge in [0.25, 0.3) is 5.91 Å². The van der Waals surface area contributed by atoms with Gasteiger partial charge in [0.2, 0.25) is 5.91 Å². The van der Waals surface area contributed by atoms with E-state index in [9.17, 15) is 9.59 Å². The number of rotatable bonds is 7. The molecule has 3 rings (SSSR count). The molecule has 8 heteroatoms. The van der Waals surface area contributed by atoms with Crippen LogP contribution in [0.25, 0.3) is 10.9 Å². The summed E-state index contributed by atoms with van der Waals surface area (Å²) < 4.78 is 0. The average molecular weight is 380 g/mol. The molecule has 0 aliphatic carbocycles. The van der Waals surface area contributed by atoms with Crippen LogP contribution < -0.4 is 10.6 Å². The van der Waals surface area contributed by atoms with Crippen LogP contribution in [0.4, 0.5) is 0 Å². The van der Waals surface area contributed by atoms with Crippen LogP contribution in [0.1, 0.15) is 36.7 Å². The second-order valence-corrected chi connectivity index (χ2v) is 6.36. The molecule has 1 aromatic heterocycles. The number of carbonyl (C=O) groups excluding carboxylic acids is 2. The van der Waals surface area contributed by atoms with Gasteiger partial charge < -0.3 is 15.5 Å². The molecule has 0 bridgehead atoms. The van der Waals surface area contributed by atoms with E-state index in [2.05, 4.69) is 27.8 Å². The van der Waals surface area contributed by atoms with E-state index in [0.717, 1.165) is 43.4 Å². The van der Waals surface area contributed by atoms with Crippen molar-refractivity contribution in [3.63, 3.8) is 0 Å². The number of hydrogen-bond acceptors (Lipinski definition) is 4. The molecule has 1 aromatic carbocycles. The lowest BCUT2D eigenvalue weighted by molar-refractivity contribution is -0.133. The van der Waals surface area contributed by atoms with E-state index in [-0.39, 0.29) is 30.3 Å². The molecule has 0 radical (unpaired) electrons. The molecule has 7 nitrogen and oxygen atoms in total. The highest BCUT2D eigenvalue weighted by atomic mass is 35.5. The van der Waals surface area contributed by atoms with E-state index in [1.165, 1.54) is 0 Å². The van der Waals surface area contributed by atoms with Crippen molar-refractivity contribution in [3.8, 4) is 0 Å². The lowest BCUT2D eigenvalue weighted by Crippen LogP contribution is -2.43. The Bertz CT molecular complexity index is 742. The fourth-order valence-electron chi connectivity index (χ4n) is 3.30. The maximum atomic E-state index is 12.5. The Labute approximate surface area is 159 Å². The number of benzene rings is 1. The highest BCUT2D eigenvalue weighted by Gasteiger charge is 2.25. The first-order valence-electron chi connectivity index (χ1n) is 8.92. The van der Waals surface area contributed by atoms with Crippen molar-refractivity contribution >= 4 is 35.1 Å². The third-order valence-electron chi connectivity index (χ3n) is 4.57. The summed E-state index contributed by atoms with van der Waals surface area (Å²) in [5, 5.41) is 13.8. The molecule has 1 aliphatic rings. The average Bonchev–Trinajstić information content (AvgIpc) is 3.29. The molecule has 26 heavy (non-hydrogen) atoms. The van der Waals surface area contributed by atoms with Gasteiger partial charge in [0.1, 0.15) is 0 Å². The largest absolute Gasteiger partial charge is 0.350 e. The molecule has 1 atom stereocenters. The van der Waals surface area contributed by atoms with Crippen molar-refractivity contribution in [3.05, 3.63) is 30.0 Å². The van der Waals surface area contributed by atoms with Crippen molar-refractivity contribution in [2.75, 3.05) is 26.2 Å². The zero-order chi connectivity index (χ0) is 17.6. The summed E-state index contributed by atoms with van der Waals surface area (Å²) >= 11 is 0. The first kappa shape index (κ1) is 20.2. The van der Waals surface area contributed by atoms with Crippen LogP contribution in [-0.2, 0) is 4.79 Å². The first-order valence-corrected chi connectivity index (χ1v) is 8.92. The molecule has 142 valence electrons. The summed E-state index contributed by atoms with van der Waals surface area (Å²) in [5.74, 6) is -0.155. The molecular formula is C18H26ClN5O2. The van der Waals surface area contributed by atoms with Crippen LogP contribution in [0.15, 0.2) is 24.3 Å². The molecule has 2 aromatic rings.